The molecule has 1 heterocycles. The fourth-order valence-corrected chi connectivity index (χ4v) is 1.47. The molecule has 104 valence electrons. The minimum absolute atomic E-state index is 0.418. The van der Waals surface area contributed by atoms with Gasteiger partial charge in [0.15, 0.2) is 6.23 Å². The molecular weight excluding hydrogens is 250 g/mol. The Morgan fingerprint density at radius 2 is 1.94 bits per heavy atom. The molecule has 0 bridgehead atoms. The van der Waals surface area contributed by atoms with Crippen LogP contribution < -0.4 is 5.32 Å². The van der Waals surface area contributed by atoms with E-state index in [1.807, 2.05) is 0 Å². The number of ether oxygens (including phenoxy) is 1. The van der Waals surface area contributed by atoms with Gasteiger partial charge in [0, 0.05) is 7.05 Å². The lowest BCUT2D eigenvalue weighted by molar-refractivity contribution is -0.233. The molecule has 1 saturated heterocycles. The van der Waals surface area contributed by atoms with E-state index in [2.05, 4.69) is 10.6 Å². The van der Waals surface area contributed by atoms with E-state index < -0.39 is 43.3 Å². The Bertz CT molecular complexity index is 313. The number of aliphatic hydroxyl groups is 4. The lowest BCUT2D eigenvalue weighted by Crippen LogP contribution is -2.63. The van der Waals surface area contributed by atoms with Crippen molar-refractivity contribution in [3.8, 4) is 0 Å². The molecule has 18 heavy (non-hydrogen) atoms. The number of amides is 2. The van der Waals surface area contributed by atoms with E-state index >= 15 is 0 Å². The fraction of sp³-hybridized carbons (Fsp3) is 0.875. The molecule has 5 atom stereocenters. The number of hydrogen-bond donors (Lipinski definition) is 5. The van der Waals surface area contributed by atoms with Crippen molar-refractivity contribution in [3.63, 3.8) is 0 Å². The Labute approximate surface area is 102 Å². The summed E-state index contributed by atoms with van der Waals surface area (Å²) in [5, 5.41) is 42.2. The molecule has 0 spiro atoms. The van der Waals surface area contributed by atoms with Crippen molar-refractivity contribution >= 4 is 6.03 Å². The van der Waals surface area contributed by atoms with Gasteiger partial charge in [-0.2, -0.15) is 5.01 Å². The molecule has 1 fully saturated rings. The van der Waals surface area contributed by atoms with Crippen LogP contribution in [0.1, 0.15) is 0 Å². The van der Waals surface area contributed by atoms with E-state index in [4.69, 9.17) is 9.84 Å². The first-order valence-corrected chi connectivity index (χ1v) is 5.10. The van der Waals surface area contributed by atoms with Crippen LogP contribution in [0.2, 0.25) is 0 Å². The Balaban J connectivity index is 2.70. The van der Waals surface area contributed by atoms with Gasteiger partial charge in [0.25, 0.3) is 0 Å². The highest BCUT2D eigenvalue weighted by Crippen LogP contribution is 2.19. The number of nitroso groups, excluding NO2 is 1. The first-order valence-electron chi connectivity index (χ1n) is 5.10. The van der Waals surface area contributed by atoms with E-state index in [0.717, 1.165) is 7.05 Å². The second-order valence-electron chi connectivity index (χ2n) is 3.80. The molecule has 10 heteroatoms. The van der Waals surface area contributed by atoms with Gasteiger partial charge in [0.2, 0.25) is 0 Å². The zero-order valence-corrected chi connectivity index (χ0v) is 9.50. The molecule has 10 nitrogen and oxygen atoms in total. The van der Waals surface area contributed by atoms with E-state index in [1.54, 1.807) is 0 Å². The maximum Gasteiger partial charge on any atom is 0.342 e. The molecule has 0 unspecified atom stereocenters. The second-order valence-corrected chi connectivity index (χ2v) is 3.80. The van der Waals surface area contributed by atoms with Gasteiger partial charge in [-0.1, -0.05) is 0 Å². The average molecular weight is 265 g/mol. The summed E-state index contributed by atoms with van der Waals surface area (Å²) in [5.74, 6) is 0. The van der Waals surface area contributed by atoms with Crippen molar-refractivity contribution in [1.82, 2.24) is 10.3 Å². The van der Waals surface area contributed by atoms with Crippen molar-refractivity contribution < 1.29 is 30.0 Å². The molecule has 5 N–H and O–H groups in total. The number of rotatable bonds is 3. The predicted octanol–water partition coefficient (Wildman–Crippen LogP) is -2.89. The smallest absolute Gasteiger partial charge is 0.342 e. The molecule has 1 aliphatic rings. The molecule has 1 rings (SSSR count). The first kappa shape index (κ1) is 14.7. The van der Waals surface area contributed by atoms with E-state index in [-0.39, 0.29) is 0 Å². The summed E-state index contributed by atoms with van der Waals surface area (Å²) in [6.45, 7) is -0.612. The van der Waals surface area contributed by atoms with Crippen molar-refractivity contribution in [2.75, 3.05) is 13.7 Å². The summed E-state index contributed by atoms with van der Waals surface area (Å²) in [6, 6.07) is -0.964. The van der Waals surface area contributed by atoms with E-state index in [9.17, 15) is 25.0 Å². The maximum atomic E-state index is 11.3. The van der Waals surface area contributed by atoms with Crippen molar-refractivity contribution in [1.29, 1.82) is 0 Å². The van der Waals surface area contributed by atoms with Crippen LogP contribution in [0.15, 0.2) is 5.29 Å². The van der Waals surface area contributed by atoms with Crippen LogP contribution >= 0.6 is 0 Å². The monoisotopic (exact) mass is 265 g/mol. The lowest BCUT2D eigenvalue weighted by atomic mass is 9.98. The van der Waals surface area contributed by atoms with Crippen LogP contribution in [0.5, 0.6) is 0 Å². The highest BCUT2D eigenvalue weighted by Gasteiger charge is 2.44. The topological polar surface area (TPSA) is 152 Å². The molecule has 2 amide bonds. The van der Waals surface area contributed by atoms with Crippen molar-refractivity contribution in [2.45, 2.75) is 30.6 Å². The number of nitrogens with zero attached hydrogens (tertiary/aromatic N) is 2. The summed E-state index contributed by atoms with van der Waals surface area (Å²) in [6.07, 6.45) is -7.23. The summed E-state index contributed by atoms with van der Waals surface area (Å²) >= 11 is 0. The number of carbonyl (C=O) groups is 1. The molecule has 0 aromatic carbocycles. The third-order valence-corrected chi connectivity index (χ3v) is 2.57. The highest BCUT2D eigenvalue weighted by molar-refractivity contribution is 5.73. The quantitative estimate of drug-likeness (QED) is 0.271. The molecule has 0 radical (unpaired) electrons. The average Bonchev–Trinajstić information content (AvgIpc) is 2.38. The Kier molecular flexibility index (Phi) is 4.93. The fourth-order valence-electron chi connectivity index (χ4n) is 1.47. The standard InChI is InChI=1S/C8H15N3O7/c1-11(10-17)8(16)9-7-6(15)5(14)4(13)3(2-12)18-7/h3-7,12-15H,2H2,1H3,(H,9,16)/t3-,4+,5+,6-,7-/m1/s1. The maximum absolute atomic E-state index is 11.3. The Hall–Kier alpha value is -1.33. The SMILES string of the molecule is CN(N=O)C(=O)N[C@@H]1O[C@H](CO)[C@H](O)[C@H](O)[C@H]1O. The minimum atomic E-state index is -1.60. The van der Waals surface area contributed by atoms with Gasteiger partial charge < -0.3 is 30.5 Å². The number of carbonyl (C=O) groups excluding carboxylic acids is 1. The Morgan fingerprint density at radius 3 is 2.44 bits per heavy atom. The predicted molar refractivity (Wildman–Crippen MR) is 55.9 cm³/mol. The summed E-state index contributed by atoms with van der Waals surface area (Å²) < 4.78 is 4.98. The molecule has 0 saturated carbocycles. The van der Waals surface area contributed by atoms with Crippen LogP contribution in [-0.4, -0.2) is 75.8 Å². The zero-order chi connectivity index (χ0) is 13.9. The minimum Gasteiger partial charge on any atom is -0.394 e. The number of urea groups is 1. The third-order valence-electron chi connectivity index (χ3n) is 2.57. The van der Waals surface area contributed by atoms with Gasteiger partial charge in [0.1, 0.15) is 24.4 Å². The lowest BCUT2D eigenvalue weighted by Gasteiger charge is -2.40. The van der Waals surface area contributed by atoms with Gasteiger partial charge in [-0.3, -0.25) is 0 Å². The summed E-state index contributed by atoms with van der Waals surface area (Å²) in [7, 11) is 1.08. The number of nitrogens with one attached hydrogen (secondary N) is 1. The van der Waals surface area contributed by atoms with Crippen LogP contribution in [0, 0.1) is 4.91 Å². The summed E-state index contributed by atoms with van der Waals surface area (Å²) in [5.41, 5.74) is 0. The number of hydrogen-bond acceptors (Lipinski definition) is 8. The van der Waals surface area contributed by atoms with Crippen molar-refractivity contribution in [3.05, 3.63) is 4.91 Å². The zero-order valence-electron chi connectivity index (χ0n) is 9.50. The normalized spacial score (nSPS) is 35.9. The molecule has 0 aromatic heterocycles. The van der Waals surface area contributed by atoms with Gasteiger partial charge >= 0.3 is 6.03 Å². The van der Waals surface area contributed by atoms with Crippen LogP contribution in [0.25, 0.3) is 0 Å². The third kappa shape index (κ3) is 2.91. The van der Waals surface area contributed by atoms with Gasteiger partial charge in [-0.05, 0) is 0 Å². The molecule has 0 aromatic rings. The highest BCUT2D eigenvalue weighted by atomic mass is 16.6. The van der Waals surface area contributed by atoms with Crippen LogP contribution in [-0.2, 0) is 4.74 Å². The summed E-state index contributed by atoms with van der Waals surface area (Å²) in [4.78, 5) is 21.4. The molecule has 1 aliphatic heterocycles. The van der Waals surface area contributed by atoms with E-state index in [1.165, 1.54) is 0 Å². The van der Waals surface area contributed by atoms with Gasteiger partial charge in [0.05, 0.1) is 11.9 Å². The van der Waals surface area contributed by atoms with Crippen LogP contribution in [0.4, 0.5) is 4.79 Å². The van der Waals surface area contributed by atoms with Gasteiger partial charge in [-0.25, -0.2) is 4.79 Å². The van der Waals surface area contributed by atoms with Crippen molar-refractivity contribution in [2.24, 2.45) is 5.29 Å². The Morgan fingerprint density at radius 1 is 1.33 bits per heavy atom. The van der Waals surface area contributed by atoms with Gasteiger partial charge in [-0.15, -0.1) is 4.91 Å². The van der Waals surface area contributed by atoms with Crippen LogP contribution in [0.3, 0.4) is 0 Å². The number of aliphatic hydroxyl groups excluding tert-OH is 4. The first-order chi connectivity index (χ1) is 8.42. The van der Waals surface area contributed by atoms with E-state index in [0.29, 0.717) is 5.01 Å². The molecular formula is C8H15N3O7. The molecule has 0 aliphatic carbocycles. The largest absolute Gasteiger partial charge is 0.394 e. The second kappa shape index (κ2) is 6.02.